The van der Waals surface area contributed by atoms with Gasteiger partial charge in [-0.2, -0.15) is 0 Å². The van der Waals surface area contributed by atoms with Gasteiger partial charge in [0, 0.05) is 12.1 Å². The topological polar surface area (TPSA) is 117 Å². The van der Waals surface area contributed by atoms with Gasteiger partial charge in [-0.15, -0.1) is 0 Å². The number of rotatable bonds is 10. The number of nitrogens with zero attached hydrogens (tertiary/aromatic N) is 1. The van der Waals surface area contributed by atoms with Gasteiger partial charge in [0.2, 0.25) is 0 Å². The van der Waals surface area contributed by atoms with Crippen molar-refractivity contribution >= 4 is 17.6 Å². The summed E-state index contributed by atoms with van der Waals surface area (Å²) < 4.78 is 15.4. The zero-order valence-electron chi connectivity index (χ0n) is 15.3. The van der Waals surface area contributed by atoms with Gasteiger partial charge in [0.05, 0.1) is 11.5 Å². The van der Waals surface area contributed by atoms with Crippen LogP contribution in [0, 0.1) is 17.0 Å². The Balaban J connectivity index is 1.58. The number of non-ortho nitro benzene ring substituents is 1. The highest BCUT2D eigenvalue weighted by Gasteiger charge is 2.09. The van der Waals surface area contributed by atoms with Crippen molar-refractivity contribution in [2.45, 2.75) is 6.92 Å². The van der Waals surface area contributed by atoms with E-state index in [9.17, 15) is 19.7 Å². The maximum atomic E-state index is 11.6. The number of nitro groups is 1. The number of ether oxygens (including phenoxy) is 3. The van der Waals surface area contributed by atoms with Gasteiger partial charge in [-0.25, -0.2) is 4.79 Å². The van der Waals surface area contributed by atoms with E-state index in [-0.39, 0.29) is 24.6 Å². The van der Waals surface area contributed by atoms with E-state index in [1.807, 2.05) is 31.2 Å². The van der Waals surface area contributed by atoms with Crippen LogP contribution in [0.3, 0.4) is 0 Å². The first-order valence-corrected chi connectivity index (χ1v) is 8.43. The number of hydrogen-bond donors (Lipinski definition) is 1. The molecule has 0 aliphatic heterocycles. The summed E-state index contributed by atoms with van der Waals surface area (Å²) >= 11 is 0. The van der Waals surface area contributed by atoms with Gasteiger partial charge in [0.1, 0.15) is 18.1 Å². The molecule has 0 atom stereocenters. The zero-order valence-corrected chi connectivity index (χ0v) is 15.3. The molecule has 1 N–H and O–H groups in total. The molecule has 28 heavy (non-hydrogen) atoms. The number of aryl methyl sites for hydroxylation is 1. The van der Waals surface area contributed by atoms with E-state index in [0.717, 1.165) is 5.56 Å². The Bertz CT molecular complexity index is 821. The highest BCUT2D eigenvalue weighted by molar-refractivity contribution is 5.80. The van der Waals surface area contributed by atoms with Crippen molar-refractivity contribution in [3.63, 3.8) is 0 Å². The quantitative estimate of drug-likeness (QED) is 0.286. The Labute approximate surface area is 161 Å². The largest absolute Gasteiger partial charge is 0.492 e. The molecule has 0 saturated heterocycles. The Kier molecular flexibility index (Phi) is 7.77. The summed E-state index contributed by atoms with van der Waals surface area (Å²) in [5.74, 6) is -0.203. The first-order valence-electron chi connectivity index (χ1n) is 8.43. The Hall–Kier alpha value is -3.62. The molecule has 0 spiro atoms. The second-order valence-electron chi connectivity index (χ2n) is 5.72. The molecule has 0 fully saturated rings. The van der Waals surface area contributed by atoms with Crippen LogP contribution in [0.1, 0.15) is 5.56 Å². The van der Waals surface area contributed by atoms with Crippen molar-refractivity contribution in [1.82, 2.24) is 5.32 Å². The van der Waals surface area contributed by atoms with Crippen LogP contribution < -0.4 is 14.8 Å². The Morgan fingerprint density at radius 2 is 1.79 bits per heavy atom. The van der Waals surface area contributed by atoms with Crippen LogP contribution in [-0.2, 0) is 14.3 Å². The summed E-state index contributed by atoms with van der Waals surface area (Å²) in [5, 5.41) is 13.1. The van der Waals surface area contributed by atoms with Crippen LogP contribution in [0.15, 0.2) is 48.5 Å². The Morgan fingerprint density at radius 1 is 1.04 bits per heavy atom. The van der Waals surface area contributed by atoms with E-state index in [0.29, 0.717) is 5.75 Å². The predicted octanol–water partition coefficient (Wildman–Crippen LogP) is 2.02. The standard InChI is InChI=1S/C19H20N2O7/c1-14-3-2-4-17(11-14)26-10-9-20-18(22)12-28-19(23)13-27-16-7-5-15(6-8-16)21(24)25/h2-8,11H,9-10,12-13H2,1H3,(H,20,22). The number of amides is 1. The van der Waals surface area contributed by atoms with Crippen LogP contribution in [0.4, 0.5) is 5.69 Å². The van der Waals surface area contributed by atoms with Crippen molar-refractivity contribution in [1.29, 1.82) is 0 Å². The predicted molar refractivity (Wildman–Crippen MR) is 99.2 cm³/mol. The summed E-state index contributed by atoms with van der Waals surface area (Å²) in [7, 11) is 0. The molecule has 0 heterocycles. The molecular weight excluding hydrogens is 368 g/mol. The van der Waals surface area contributed by atoms with Crippen LogP contribution in [0.5, 0.6) is 11.5 Å². The summed E-state index contributed by atoms with van der Waals surface area (Å²) in [6, 6.07) is 12.8. The number of carbonyl (C=O) groups excluding carboxylic acids is 2. The van der Waals surface area contributed by atoms with Gasteiger partial charge < -0.3 is 19.5 Å². The molecule has 0 unspecified atom stereocenters. The fourth-order valence-corrected chi connectivity index (χ4v) is 2.11. The number of carbonyl (C=O) groups is 2. The molecular formula is C19H20N2O7. The van der Waals surface area contributed by atoms with E-state index in [2.05, 4.69) is 5.32 Å². The normalized spacial score (nSPS) is 10.0. The number of benzene rings is 2. The van der Waals surface area contributed by atoms with E-state index >= 15 is 0 Å². The second kappa shape index (κ2) is 10.5. The monoisotopic (exact) mass is 388 g/mol. The molecule has 0 radical (unpaired) electrons. The highest BCUT2D eigenvalue weighted by Crippen LogP contribution is 2.17. The van der Waals surface area contributed by atoms with Gasteiger partial charge in [-0.05, 0) is 36.8 Å². The minimum absolute atomic E-state index is 0.0852. The zero-order chi connectivity index (χ0) is 20.4. The van der Waals surface area contributed by atoms with Gasteiger partial charge in [-0.3, -0.25) is 14.9 Å². The lowest BCUT2D eigenvalue weighted by molar-refractivity contribution is -0.384. The lowest BCUT2D eigenvalue weighted by Crippen LogP contribution is -2.32. The molecule has 9 nitrogen and oxygen atoms in total. The van der Waals surface area contributed by atoms with Gasteiger partial charge in [0.15, 0.2) is 13.2 Å². The molecule has 9 heteroatoms. The van der Waals surface area contributed by atoms with E-state index in [1.54, 1.807) is 0 Å². The molecule has 0 aromatic heterocycles. The molecule has 2 aromatic rings. The molecule has 148 valence electrons. The molecule has 1 amide bonds. The van der Waals surface area contributed by atoms with Crippen molar-refractivity contribution in [3.8, 4) is 11.5 Å². The number of hydrogen-bond acceptors (Lipinski definition) is 7. The third-order valence-corrected chi connectivity index (χ3v) is 3.45. The van der Waals surface area contributed by atoms with Crippen LogP contribution in [0.2, 0.25) is 0 Å². The van der Waals surface area contributed by atoms with Crippen molar-refractivity contribution < 1.29 is 28.7 Å². The molecule has 0 saturated carbocycles. The SMILES string of the molecule is Cc1cccc(OCCNC(=O)COC(=O)COc2ccc([N+](=O)[O-])cc2)c1. The van der Waals surface area contributed by atoms with Gasteiger partial charge in [0.25, 0.3) is 11.6 Å². The Morgan fingerprint density at radius 3 is 2.46 bits per heavy atom. The highest BCUT2D eigenvalue weighted by atomic mass is 16.6. The third kappa shape index (κ3) is 7.32. The minimum Gasteiger partial charge on any atom is -0.492 e. The van der Waals surface area contributed by atoms with Crippen LogP contribution in [0.25, 0.3) is 0 Å². The fraction of sp³-hybridized carbons (Fsp3) is 0.263. The van der Waals surface area contributed by atoms with E-state index < -0.39 is 30.0 Å². The maximum Gasteiger partial charge on any atom is 0.344 e. The van der Waals surface area contributed by atoms with E-state index in [1.165, 1.54) is 24.3 Å². The van der Waals surface area contributed by atoms with Crippen molar-refractivity contribution in [3.05, 3.63) is 64.2 Å². The van der Waals surface area contributed by atoms with Crippen molar-refractivity contribution in [2.24, 2.45) is 0 Å². The number of nitro benzene ring substituents is 1. The van der Waals surface area contributed by atoms with Crippen molar-refractivity contribution in [2.75, 3.05) is 26.4 Å². The van der Waals surface area contributed by atoms with E-state index in [4.69, 9.17) is 14.2 Å². The van der Waals surface area contributed by atoms with Gasteiger partial charge >= 0.3 is 5.97 Å². The molecule has 2 rings (SSSR count). The molecule has 0 bridgehead atoms. The first-order chi connectivity index (χ1) is 13.4. The summed E-state index contributed by atoms with van der Waals surface area (Å²) in [4.78, 5) is 33.2. The second-order valence-corrected chi connectivity index (χ2v) is 5.72. The molecule has 0 aliphatic rings. The lowest BCUT2D eigenvalue weighted by atomic mass is 10.2. The number of nitrogens with one attached hydrogen (secondary N) is 1. The smallest absolute Gasteiger partial charge is 0.344 e. The lowest BCUT2D eigenvalue weighted by Gasteiger charge is -2.09. The average molecular weight is 388 g/mol. The first kappa shape index (κ1) is 20.7. The van der Waals surface area contributed by atoms with Gasteiger partial charge in [-0.1, -0.05) is 12.1 Å². The summed E-state index contributed by atoms with van der Waals surface area (Å²) in [5.41, 5.74) is 0.988. The van der Waals surface area contributed by atoms with Crippen LogP contribution in [-0.4, -0.2) is 43.2 Å². The molecule has 2 aromatic carbocycles. The average Bonchev–Trinajstić information content (AvgIpc) is 2.68. The summed E-state index contributed by atoms with van der Waals surface area (Å²) in [6.07, 6.45) is 0. The fourth-order valence-electron chi connectivity index (χ4n) is 2.11. The third-order valence-electron chi connectivity index (χ3n) is 3.45. The molecule has 0 aliphatic carbocycles. The minimum atomic E-state index is -0.732. The maximum absolute atomic E-state index is 11.6. The number of esters is 1. The summed E-state index contributed by atoms with van der Waals surface area (Å²) in [6.45, 7) is 1.65. The van der Waals surface area contributed by atoms with Crippen LogP contribution >= 0.6 is 0 Å².